The second-order valence-corrected chi connectivity index (χ2v) is 9.94. The number of nitrogens with zero attached hydrogens (tertiary/aromatic N) is 2. The number of hydrogen-bond acceptors (Lipinski definition) is 4. The van der Waals surface area contributed by atoms with Crippen LogP contribution in [0, 0.1) is 0 Å². The number of thioether (sulfide) groups is 1. The third-order valence-electron chi connectivity index (χ3n) is 5.09. The molecule has 0 radical (unpaired) electrons. The lowest BCUT2D eigenvalue weighted by atomic mass is 10.1. The molecule has 142 valence electrons. The number of fused-ring (bicyclic) bond motifs is 2. The molecule has 0 aliphatic carbocycles. The summed E-state index contributed by atoms with van der Waals surface area (Å²) in [6, 6.07) is 12.7. The highest BCUT2D eigenvalue weighted by molar-refractivity contribution is 7.99. The van der Waals surface area contributed by atoms with Crippen molar-refractivity contribution < 1.29 is 13.2 Å². The summed E-state index contributed by atoms with van der Waals surface area (Å²) in [5, 5.41) is 0. The molecular weight excluding hydrogens is 380 g/mol. The van der Waals surface area contributed by atoms with E-state index in [9.17, 15) is 13.2 Å². The van der Waals surface area contributed by atoms with Crippen LogP contribution < -0.4 is 9.21 Å². The minimum atomic E-state index is -3.71. The predicted octanol–water partition coefficient (Wildman–Crippen LogP) is 3.68. The van der Waals surface area contributed by atoms with E-state index in [1.54, 1.807) is 28.8 Å². The van der Waals surface area contributed by atoms with Gasteiger partial charge in [-0.1, -0.05) is 18.2 Å². The largest absolute Gasteiger partial charge is 0.311 e. The van der Waals surface area contributed by atoms with Gasteiger partial charge in [0.15, 0.2) is 0 Å². The first-order valence-electron chi connectivity index (χ1n) is 9.07. The Kier molecular flexibility index (Phi) is 4.68. The third-order valence-corrected chi connectivity index (χ3v) is 8.16. The molecule has 0 N–H and O–H groups in total. The van der Waals surface area contributed by atoms with Crippen LogP contribution in [0.4, 0.5) is 11.4 Å². The smallest absolute Gasteiger partial charge is 0.264 e. The van der Waals surface area contributed by atoms with Gasteiger partial charge in [0.2, 0.25) is 5.91 Å². The molecule has 0 spiro atoms. The number of benzene rings is 2. The normalized spacial score (nSPS) is 19.4. The van der Waals surface area contributed by atoms with Crippen LogP contribution in [0.1, 0.15) is 25.8 Å². The van der Waals surface area contributed by atoms with E-state index in [-0.39, 0.29) is 16.8 Å². The average Bonchev–Trinajstić information content (AvgIpc) is 2.83. The zero-order chi connectivity index (χ0) is 19.2. The molecule has 5 nitrogen and oxygen atoms in total. The molecule has 0 saturated heterocycles. The Morgan fingerprint density at radius 3 is 2.70 bits per heavy atom. The minimum absolute atomic E-state index is 0.0619. The van der Waals surface area contributed by atoms with Gasteiger partial charge in [-0.05, 0) is 55.3 Å². The van der Waals surface area contributed by atoms with Crippen molar-refractivity contribution >= 4 is 39.1 Å². The monoisotopic (exact) mass is 402 g/mol. The molecule has 0 fully saturated rings. The molecule has 2 aromatic rings. The van der Waals surface area contributed by atoms with E-state index in [0.717, 1.165) is 28.3 Å². The Morgan fingerprint density at radius 1 is 1.15 bits per heavy atom. The van der Waals surface area contributed by atoms with Crippen LogP contribution in [0.2, 0.25) is 0 Å². The van der Waals surface area contributed by atoms with Crippen molar-refractivity contribution in [2.45, 2.75) is 42.5 Å². The van der Waals surface area contributed by atoms with Gasteiger partial charge in [-0.3, -0.25) is 9.10 Å². The summed E-state index contributed by atoms with van der Waals surface area (Å²) in [6.45, 7) is 4.07. The van der Waals surface area contributed by atoms with E-state index in [2.05, 4.69) is 0 Å². The summed E-state index contributed by atoms with van der Waals surface area (Å²) >= 11 is 1.67. The molecule has 1 unspecified atom stereocenters. The quantitative estimate of drug-likeness (QED) is 0.769. The topological polar surface area (TPSA) is 57.7 Å². The molecular formula is C20H22N2O3S2. The summed E-state index contributed by atoms with van der Waals surface area (Å²) < 4.78 is 28.5. The molecule has 0 saturated carbocycles. The van der Waals surface area contributed by atoms with Gasteiger partial charge in [-0.2, -0.15) is 0 Å². The van der Waals surface area contributed by atoms with Gasteiger partial charge in [0.05, 0.1) is 16.3 Å². The summed E-state index contributed by atoms with van der Waals surface area (Å²) in [5.74, 6) is 0.854. The summed E-state index contributed by atoms with van der Waals surface area (Å²) in [5.41, 5.74) is 2.49. The number of anilines is 2. The van der Waals surface area contributed by atoms with Gasteiger partial charge < -0.3 is 4.90 Å². The summed E-state index contributed by atoms with van der Waals surface area (Å²) in [4.78, 5) is 15.0. The van der Waals surface area contributed by atoms with Gasteiger partial charge in [0.25, 0.3) is 10.0 Å². The number of carbonyl (C=O) groups is 1. The van der Waals surface area contributed by atoms with Crippen molar-refractivity contribution in [3.05, 3.63) is 48.0 Å². The van der Waals surface area contributed by atoms with Crippen LogP contribution in [0.5, 0.6) is 0 Å². The summed E-state index contributed by atoms with van der Waals surface area (Å²) in [7, 11) is -3.71. The molecule has 0 bridgehead atoms. The number of carbonyl (C=O) groups excluding carboxylic acids is 1. The molecule has 4 rings (SSSR count). The number of rotatable bonds is 2. The lowest BCUT2D eigenvalue weighted by molar-refractivity contribution is -0.116. The first-order valence-corrected chi connectivity index (χ1v) is 11.5. The fraction of sp³-hybridized carbons (Fsp3) is 0.350. The third kappa shape index (κ3) is 3.12. The first-order chi connectivity index (χ1) is 12.9. The molecule has 1 amide bonds. The number of para-hydroxylation sites is 1. The maximum absolute atomic E-state index is 13.5. The Hall–Kier alpha value is -1.99. The van der Waals surface area contributed by atoms with E-state index < -0.39 is 10.0 Å². The predicted molar refractivity (Wildman–Crippen MR) is 109 cm³/mol. The fourth-order valence-electron chi connectivity index (χ4n) is 3.86. The fourth-order valence-corrected chi connectivity index (χ4v) is 6.55. The van der Waals surface area contributed by atoms with E-state index in [4.69, 9.17) is 0 Å². The van der Waals surface area contributed by atoms with E-state index >= 15 is 0 Å². The Bertz CT molecular complexity index is 1000. The van der Waals surface area contributed by atoms with Crippen molar-refractivity contribution in [2.24, 2.45) is 0 Å². The average molecular weight is 403 g/mol. The van der Waals surface area contributed by atoms with Crippen LogP contribution in [0.15, 0.2) is 52.3 Å². The lowest BCUT2D eigenvalue weighted by Gasteiger charge is -2.26. The van der Waals surface area contributed by atoms with Crippen LogP contribution in [0.25, 0.3) is 0 Å². The van der Waals surface area contributed by atoms with Gasteiger partial charge in [0.1, 0.15) is 0 Å². The maximum Gasteiger partial charge on any atom is 0.264 e. The molecule has 2 heterocycles. The molecule has 0 aromatic heterocycles. The van der Waals surface area contributed by atoms with E-state index in [1.165, 1.54) is 11.2 Å². The van der Waals surface area contributed by atoms with Crippen LogP contribution in [-0.2, 0) is 21.2 Å². The lowest BCUT2D eigenvalue weighted by Crippen LogP contribution is -2.36. The highest BCUT2D eigenvalue weighted by Crippen LogP contribution is 2.40. The van der Waals surface area contributed by atoms with Crippen molar-refractivity contribution in [2.75, 3.05) is 21.5 Å². The molecule has 27 heavy (non-hydrogen) atoms. The highest BCUT2D eigenvalue weighted by Gasteiger charge is 2.36. The zero-order valence-electron chi connectivity index (χ0n) is 15.4. The van der Waals surface area contributed by atoms with Gasteiger partial charge >= 0.3 is 0 Å². The van der Waals surface area contributed by atoms with E-state index in [0.29, 0.717) is 18.7 Å². The van der Waals surface area contributed by atoms with Crippen LogP contribution in [0.3, 0.4) is 0 Å². The zero-order valence-corrected chi connectivity index (χ0v) is 17.0. The van der Waals surface area contributed by atoms with Crippen LogP contribution in [-0.4, -0.2) is 32.7 Å². The molecule has 1 atom stereocenters. The van der Waals surface area contributed by atoms with Crippen molar-refractivity contribution in [1.29, 1.82) is 0 Å². The Balaban J connectivity index is 1.81. The second-order valence-electron chi connectivity index (χ2n) is 6.98. The molecule has 2 aliphatic rings. The number of hydrogen-bond donors (Lipinski definition) is 0. The second kappa shape index (κ2) is 6.87. The molecule has 2 aliphatic heterocycles. The maximum atomic E-state index is 13.5. The number of sulfonamides is 1. The van der Waals surface area contributed by atoms with Gasteiger partial charge in [-0.25, -0.2) is 8.42 Å². The Morgan fingerprint density at radius 2 is 1.93 bits per heavy atom. The van der Waals surface area contributed by atoms with Gasteiger partial charge in [-0.15, -0.1) is 11.8 Å². The van der Waals surface area contributed by atoms with E-state index in [1.807, 2.05) is 37.3 Å². The Labute approximate surface area is 164 Å². The van der Waals surface area contributed by atoms with Crippen molar-refractivity contribution in [3.63, 3.8) is 0 Å². The standard InChI is InChI=1S/C20H22N2O3S2/c1-14-12-16-6-3-4-7-18(16)22(14)27(24,25)17-8-9-20-19(13-17)21(15(2)23)10-5-11-26-20/h3-4,6-9,13-14H,5,10-12H2,1-2H3. The van der Waals surface area contributed by atoms with Gasteiger partial charge in [0, 0.05) is 24.4 Å². The minimum Gasteiger partial charge on any atom is -0.311 e. The van der Waals surface area contributed by atoms with Crippen molar-refractivity contribution in [1.82, 2.24) is 0 Å². The molecule has 7 heteroatoms. The number of amides is 1. The van der Waals surface area contributed by atoms with Crippen LogP contribution >= 0.6 is 11.8 Å². The van der Waals surface area contributed by atoms with Crippen molar-refractivity contribution in [3.8, 4) is 0 Å². The summed E-state index contributed by atoms with van der Waals surface area (Å²) in [6.07, 6.45) is 1.59. The highest BCUT2D eigenvalue weighted by atomic mass is 32.2. The molecule has 2 aromatic carbocycles. The first kappa shape index (κ1) is 18.4. The SMILES string of the molecule is CC(=O)N1CCCSc2ccc(S(=O)(=O)N3c4ccccc4CC3C)cc21.